The first-order chi connectivity index (χ1) is 7.26. The van der Waals surface area contributed by atoms with Gasteiger partial charge in [-0.15, -0.1) is 0 Å². The van der Waals surface area contributed by atoms with Gasteiger partial charge in [0, 0.05) is 6.04 Å². The van der Waals surface area contributed by atoms with Crippen LogP contribution in [-0.4, -0.2) is 13.1 Å². The molecule has 0 spiro atoms. The Kier molecular flexibility index (Phi) is 5.13. The van der Waals surface area contributed by atoms with Crippen LogP contribution in [0.1, 0.15) is 25.3 Å². The van der Waals surface area contributed by atoms with Gasteiger partial charge in [-0.25, -0.2) is 0 Å². The van der Waals surface area contributed by atoms with Crippen LogP contribution in [0.4, 0.5) is 0 Å². The lowest BCUT2D eigenvalue weighted by molar-refractivity contribution is 0.549. The van der Waals surface area contributed by atoms with E-state index in [2.05, 4.69) is 49.2 Å². The van der Waals surface area contributed by atoms with E-state index < -0.39 is 0 Å². The quantitative estimate of drug-likeness (QED) is 0.700. The van der Waals surface area contributed by atoms with Crippen LogP contribution in [0.25, 0.3) is 0 Å². The summed E-state index contributed by atoms with van der Waals surface area (Å²) in [5, 5.41) is 3.35. The first-order valence-electron chi connectivity index (χ1n) is 5.64. The minimum absolute atomic E-state index is 0.514. The van der Waals surface area contributed by atoms with Gasteiger partial charge in [0.15, 0.2) is 0 Å². The third-order valence-corrected chi connectivity index (χ3v) is 2.77. The Labute approximate surface area is 93.2 Å². The summed E-state index contributed by atoms with van der Waals surface area (Å²) >= 11 is 0. The molecule has 1 rings (SSSR count). The van der Waals surface area contributed by atoms with E-state index in [0.717, 1.165) is 19.3 Å². The number of hydrogen-bond donors (Lipinski definition) is 1. The largest absolute Gasteiger partial charge is 0.316 e. The van der Waals surface area contributed by atoms with Crippen molar-refractivity contribution in [2.24, 2.45) is 0 Å². The van der Waals surface area contributed by atoms with Gasteiger partial charge in [0.25, 0.3) is 0 Å². The van der Waals surface area contributed by atoms with Gasteiger partial charge in [0.2, 0.25) is 0 Å². The summed E-state index contributed by atoms with van der Waals surface area (Å²) in [6.07, 6.45) is 3.23. The van der Waals surface area contributed by atoms with Crippen LogP contribution in [0, 0.1) is 0 Å². The molecule has 0 bridgehead atoms. The van der Waals surface area contributed by atoms with Crippen LogP contribution in [0.5, 0.6) is 0 Å². The topological polar surface area (TPSA) is 12.0 Å². The normalized spacial score (nSPS) is 12.4. The lowest BCUT2D eigenvalue weighted by Crippen LogP contribution is -2.27. The number of likely N-dealkylation sites (N-methyl/N-ethyl adjacent to an activating group) is 1. The maximum atomic E-state index is 4.06. The Hall–Kier alpha value is -1.08. The zero-order valence-electron chi connectivity index (χ0n) is 9.79. The van der Waals surface area contributed by atoms with Gasteiger partial charge in [-0.2, -0.15) is 0 Å². The smallest absolute Gasteiger partial charge is 0.0141 e. The van der Waals surface area contributed by atoms with E-state index in [9.17, 15) is 0 Å². The van der Waals surface area contributed by atoms with Gasteiger partial charge >= 0.3 is 0 Å². The molecule has 0 radical (unpaired) electrons. The summed E-state index contributed by atoms with van der Waals surface area (Å²) in [6, 6.07) is 11.1. The molecule has 1 N–H and O–H groups in total. The highest BCUT2D eigenvalue weighted by Gasteiger charge is 2.07. The fourth-order valence-corrected chi connectivity index (χ4v) is 1.67. The molecule has 0 saturated carbocycles. The predicted octanol–water partition coefficient (Wildman–Crippen LogP) is 3.17. The van der Waals surface area contributed by atoms with Crippen molar-refractivity contribution in [2.75, 3.05) is 7.05 Å². The van der Waals surface area contributed by atoms with Crippen LogP contribution in [-0.2, 0) is 6.42 Å². The Morgan fingerprint density at radius 1 is 1.33 bits per heavy atom. The van der Waals surface area contributed by atoms with Crippen molar-refractivity contribution >= 4 is 0 Å². The Morgan fingerprint density at radius 2 is 2.00 bits per heavy atom. The molecule has 1 unspecified atom stereocenters. The number of nitrogens with one attached hydrogen (secondary N) is 1. The van der Waals surface area contributed by atoms with E-state index >= 15 is 0 Å². The minimum atomic E-state index is 0.514. The van der Waals surface area contributed by atoms with Crippen LogP contribution >= 0.6 is 0 Å². The minimum Gasteiger partial charge on any atom is -0.316 e. The highest BCUT2D eigenvalue weighted by Crippen LogP contribution is 2.11. The molecule has 1 nitrogen and oxygen atoms in total. The van der Waals surface area contributed by atoms with Gasteiger partial charge in [-0.05, 0) is 31.9 Å². The summed E-state index contributed by atoms with van der Waals surface area (Å²) in [5.74, 6) is 0. The summed E-state index contributed by atoms with van der Waals surface area (Å²) in [5.41, 5.74) is 2.71. The van der Waals surface area contributed by atoms with Gasteiger partial charge in [-0.1, -0.05) is 49.4 Å². The van der Waals surface area contributed by atoms with Crippen molar-refractivity contribution in [2.45, 2.75) is 32.2 Å². The molecule has 1 aromatic rings. The zero-order valence-corrected chi connectivity index (χ0v) is 9.79. The van der Waals surface area contributed by atoms with Crippen molar-refractivity contribution in [3.05, 3.63) is 48.0 Å². The molecule has 0 aliphatic carbocycles. The first-order valence-corrected chi connectivity index (χ1v) is 5.64. The molecule has 1 atom stereocenters. The maximum absolute atomic E-state index is 4.06. The molecule has 0 aromatic heterocycles. The molecule has 0 aliphatic rings. The molecule has 82 valence electrons. The van der Waals surface area contributed by atoms with Crippen LogP contribution in [0.2, 0.25) is 0 Å². The second-order valence-corrected chi connectivity index (χ2v) is 3.98. The summed E-state index contributed by atoms with van der Waals surface area (Å²) in [7, 11) is 2.02. The number of hydrogen-bond acceptors (Lipinski definition) is 1. The summed E-state index contributed by atoms with van der Waals surface area (Å²) < 4.78 is 0. The van der Waals surface area contributed by atoms with Gasteiger partial charge < -0.3 is 5.32 Å². The van der Waals surface area contributed by atoms with Gasteiger partial charge in [0.1, 0.15) is 0 Å². The van der Waals surface area contributed by atoms with Crippen molar-refractivity contribution in [3.8, 4) is 0 Å². The molecule has 1 heteroatoms. The number of benzene rings is 1. The molecule has 0 heterocycles. The van der Waals surface area contributed by atoms with Crippen molar-refractivity contribution in [3.63, 3.8) is 0 Å². The third-order valence-electron chi connectivity index (χ3n) is 2.77. The number of rotatable bonds is 6. The fourth-order valence-electron chi connectivity index (χ4n) is 1.67. The SMILES string of the molecule is C=C(CC)CC(Cc1ccccc1)NC. The van der Waals surface area contributed by atoms with E-state index in [-0.39, 0.29) is 0 Å². The van der Waals surface area contributed by atoms with E-state index in [1.807, 2.05) is 7.05 Å². The van der Waals surface area contributed by atoms with Crippen molar-refractivity contribution in [1.82, 2.24) is 5.32 Å². The molecule has 0 saturated heterocycles. The van der Waals surface area contributed by atoms with Crippen molar-refractivity contribution in [1.29, 1.82) is 0 Å². The second-order valence-electron chi connectivity index (χ2n) is 3.98. The standard InChI is InChI=1S/C14H21N/c1-4-12(2)10-14(15-3)11-13-8-6-5-7-9-13/h5-9,14-15H,2,4,10-11H2,1,3H3. The Balaban J connectivity index is 2.50. The fraction of sp³-hybridized carbons (Fsp3) is 0.429. The predicted molar refractivity (Wildman–Crippen MR) is 67.0 cm³/mol. The second kappa shape index (κ2) is 6.41. The highest BCUT2D eigenvalue weighted by molar-refractivity contribution is 5.16. The van der Waals surface area contributed by atoms with Crippen LogP contribution < -0.4 is 5.32 Å². The lowest BCUT2D eigenvalue weighted by atomic mass is 9.99. The van der Waals surface area contributed by atoms with Crippen LogP contribution in [0.3, 0.4) is 0 Å². The van der Waals surface area contributed by atoms with E-state index in [1.54, 1.807) is 0 Å². The van der Waals surface area contributed by atoms with Gasteiger partial charge in [-0.3, -0.25) is 0 Å². The lowest BCUT2D eigenvalue weighted by Gasteiger charge is -2.17. The molecular formula is C14H21N. The highest BCUT2D eigenvalue weighted by atomic mass is 14.9. The Morgan fingerprint density at radius 3 is 2.53 bits per heavy atom. The summed E-state index contributed by atoms with van der Waals surface area (Å²) in [6.45, 7) is 6.23. The molecule has 0 amide bonds. The van der Waals surface area contributed by atoms with E-state index in [1.165, 1.54) is 11.1 Å². The van der Waals surface area contributed by atoms with Crippen LogP contribution in [0.15, 0.2) is 42.5 Å². The van der Waals surface area contributed by atoms with E-state index in [4.69, 9.17) is 0 Å². The zero-order chi connectivity index (χ0) is 11.1. The van der Waals surface area contributed by atoms with Crippen molar-refractivity contribution < 1.29 is 0 Å². The van der Waals surface area contributed by atoms with E-state index in [0.29, 0.717) is 6.04 Å². The third kappa shape index (κ3) is 4.30. The molecular weight excluding hydrogens is 182 g/mol. The van der Waals surface area contributed by atoms with Gasteiger partial charge in [0.05, 0.1) is 0 Å². The maximum Gasteiger partial charge on any atom is 0.0141 e. The molecule has 0 aliphatic heterocycles. The molecule has 0 fully saturated rings. The average Bonchev–Trinajstić information content (AvgIpc) is 2.29. The molecule has 1 aromatic carbocycles. The Bertz CT molecular complexity index is 289. The average molecular weight is 203 g/mol. The summed E-state index contributed by atoms with van der Waals surface area (Å²) in [4.78, 5) is 0. The monoisotopic (exact) mass is 203 g/mol. The molecule has 15 heavy (non-hydrogen) atoms. The first kappa shape index (κ1) is 12.0.